The molecule has 18 heavy (non-hydrogen) atoms. The molecule has 2 aliphatic rings. The molecule has 2 N–H and O–H groups in total. The maximum absolute atomic E-state index is 11.0. The third kappa shape index (κ3) is 3.02. The summed E-state index contributed by atoms with van der Waals surface area (Å²) in [5.74, 6) is -1.81. The molecule has 0 radical (unpaired) electrons. The van der Waals surface area contributed by atoms with Gasteiger partial charge >= 0.3 is 11.9 Å². The lowest BCUT2D eigenvalue weighted by atomic mass is 9.84. The Morgan fingerprint density at radius 1 is 0.889 bits per heavy atom. The molecule has 2 fully saturated rings. The second-order valence-electron chi connectivity index (χ2n) is 5.52. The molecule has 1 aliphatic heterocycles. The van der Waals surface area contributed by atoms with Crippen LogP contribution in [0.2, 0.25) is 0 Å². The Hall–Kier alpha value is -1.10. The van der Waals surface area contributed by atoms with Crippen molar-refractivity contribution in [2.75, 3.05) is 13.1 Å². The van der Waals surface area contributed by atoms with Crippen molar-refractivity contribution in [3.63, 3.8) is 0 Å². The minimum Gasteiger partial charge on any atom is -0.481 e. The first-order valence-corrected chi connectivity index (χ1v) is 6.77. The molecule has 1 atom stereocenters. The van der Waals surface area contributed by atoms with E-state index in [0.717, 1.165) is 45.1 Å². The van der Waals surface area contributed by atoms with Crippen LogP contribution in [0, 0.1) is 11.8 Å². The molecular formula is C13H21NO4. The van der Waals surface area contributed by atoms with E-state index in [-0.39, 0.29) is 11.8 Å². The molecule has 1 unspecified atom stereocenters. The highest BCUT2D eigenvalue weighted by Gasteiger charge is 2.33. The van der Waals surface area contributed by atoms with Gasteiger partial charge in [0.25, 0.3) is 0 Å². The number of hydrogen-bond acceptors (Lipinski definition) is 3. The Labute approximate surface area is 107 Å². The van der Waals surface area contributed by atoms with Crippen LogP contribution in [0.5, 0.6) is 0 Å². The van der Waals surface area contributed by atoms with Crippen molar-refractivity contribution in [2.24, 2.45) is 11.8 Å². The minimum absolute atomic E-state index is 0.193. The first-order chi connectivity index (χ1) is 8.58. The Morgan fingerprint density at radius 2 is 1.50 bits per heavy atom. The Morgan fingerprint density at radius 3 is 2.06 bits per heavy atom. The van der Waals surface area contributed by atoms with E-state index in [0.29, 0.717) is 12.6 Å². The summed E-state index contributed by atoms with van der Waals surface area (Å²) in [4.78, 5) is 24.2. The predicted molar refractivity (Wildman–Crippen MR) is 65.3 cm³/mol. The summed E-state index contributed by atoms with van der Waals surface area (Å²) in [6, 6.07) is 0.391. The number of carboxylic acids is 2. The fourth-order valence-corrected chi connectivity index (χ4v) is 3.23. The molecule has 102 valence electrons. The van der Waals surface area contributed by atoms with Gasteiger partial charge in [0.15, 0.2) is 0 Å². The van der Waals surface area contributed by atoms with Crippen LogP contribution in [-0.4, -0.2) is 46.2 Å². The van der Waals surface area contributed by atoms with Gasteiger partial charge in [0.05, 0.1) is 11.8 Å². The zero-order valence-corrected chi connectivity index (χ0v) is 10.5. The van der Waals surface area contributed by atoms with Crippen molar-refractivity contribution < 1.29 is 19.8 Å². The standard InChI is InChI=1S/C13H21NO4/c15-12(16)9-3-5-11(6-4-9)14-7-1-2-10(8-14)13(17)18/h9-11H,1-8H2,(H,15,16)(H,17,18). The summed E-state index contributed by atoms with van der Waals surface area (Å²) in [7, 11) is 0. The Bertz CT molecular complexity index is 323. The number of carboxylic acid groups (broad SMARTS) is 2. The van der Waals surface area contributed by atoms with Gasteiger partial charge in [-0.2, -0.15) is 0 Å². The lowest BCUT2D eigenvalue weighted by Gasteiger charge is -2.39. The van der Waals surface area contributed by atoms with Crippen molar-refractivity contribution in [3.05, 3.63) is 0 Å². The highest BCUT2D eigenvalue weighted by Crippen LogP contribution is 2.30. The quantitative estimate of drug-likeness (QED) is 0.797. The third-order valence-electron chi connectivity index (χ3n) is 4.36. The van der Waals surface area contributed by atoms with Crippen molar-refractivity contribution in [3.8, 4) is 0 Å². The van der Waals surface area contributed by atoms with E-state index in [1.165, 1.54) is 0 Å². The average Bonchev–Trinajstić information content (AvgIpc) is 2.39. The highest BCUT2D eigenvalue weighted by molar-refractivity contribution is 5.70. The molecule has 0 aromatic carbocycles. The number of piperidine rings is 1. The van der Waals surface area contributed by atoms with Crippen LogP contribution < -0.4 is 0 Å². The molecule has 1 aliphatic carbocycles. The van der Waals surface area contributed by atoms with Gasteiger partial charge in [-0.1, -0.05) is 0 Å². The molecule has 0 aromatic rings. The number of carbonyl (C=O) groups is 2. The van der Waals surface area contributed by atoms with E-state index in [1.807, 2.05) is 0 Å². The van der Waals surface area contributed by atoms with Crippen LogP contribution >= 0.6 is 0 Å². The molecule has 2 rings (SSSR count). The van der Waals surface area contributed by atoms with Gasteiger partial charge in [0.1, 0.15) is 0 Å². The summed E-state index contributed by atoms with van der Waals surface area (Å²) >= 11 is 0. The van der Waals surface area contributed by atoms with Gasteiger partial charge in [-0.3, -0.25) is 14.5 Å². The molecule has 5 heteroatoms. The SMILES string of the molecule is O=C(O)C1CCC(N2CCCC(C(=O)O)C2)CC1. The van der Waals surface area contributed by atoms with E-state index >= 15 is 0 Å². The lowest BCUT2D eigenvalue weighted by molar-refractivity contribution is -0.144. The summed E-state index contributed by atoms with van der Waals surface area (Å²) in [5, 5.41) is 18.0. The molecule has 1 heterocycles. The van der Waals surface area contributed by atoms with Crippen LogP contribution in [0.25, 0.3) is 0 Å². The molecule has 0 spiro atoms. The van der Waals surface area contributed by atoms with Crippen molar-refractivity contribution in [1.29, 1.82) is 0 Å². The maximum Gasteiger partial charge on any atom is 0.307 e. The van der Waals surface area contributed by atoms with Crippen molar-refractivity contribution >= 4 is 11.9 Å². The number of nitrogens with zero attached hydrogens (tertiary/aromatic N) is 1. The summed E-state index contributed by atoms with van der Waals surface area (Å²) in [6.07, 6.45) is 4.96. The largest absolute Gasteiger partial charge is 0.481 e. The third-order valence-corrected chi connectivity index (χ3v) is 4.36. The van der Waals surface area contributed by atoms with Gasteiger partial charge in [0.2, 0.25) is 0 Å². The number of hydrogen-bond donors (Lipinski definition) is 2. The van der Waals surface area contributed by atoms with Gasteiger partial charge in [-0.15, -0.1) is 0 Å². The normalized spacial score (nSPS) is 34.1. The van der Waals surface area contributed by atoms with Gasteiger partial charge in [-0.25, -0.2) is 0 Å². The molecule has 0 aromatic heterocycles. The molecular weight excluding hydrogens is 234 g/mol. The number of likely N-dealkylation sites (tertiary alicyclic amines) is 1. The van der Waals surface area contributed by atoms with Crippen LogP contribution in [0.3, 0.4) is 0 Å². The van der Waals surface area contributed by atoms with Crippen molar-refractivity contribution in [2.45, 2.75) is 44.6 Å². The molecule has 1 saturated carbocycles. The maximum atomic E-state index is 11.0. The highest BCUT2D eigenvalue weighted by atomic mass is 16.4. The lowest BCUT2D eigenvalue weighted by Crippen LogP contribution is -2.46. The zero-order valence-electron chi connectivity index (χ0n) is 10.5. The van der Waals surface area contributed by atoms with Gasteiger partial charge in [0, 0.05) is 12.6 Å². The summed E-state index contributed by atoms with van der Waals surface area (Å²) in [6.45, 7) is 1.60. The molecule has 1 saturated heterocycles. The van der Waals surface area contributed by atoms with E-state index in [2.05, 4.69) is 4.90 Å². The van der Waals surface area contributed by atoms with Gasteiger partial charge < -0.3 is 10.2 Å². The first-order valence-electron chi connectivity index (χ1n) is 6.77. The fraction of sp³-hybridized carbons (Fsp3) is 0.846. The molecule has 0 amide bonds. The van der Waals surface area contributed by atoms with Crippen LogP contribution in [0.4, 0.5) is 0 Å². The first kappa shape index (κ1) is 13.3. The van der Waals surface area contributed by atoms with Crippen LogP contribution in [0.15, 0.2) is 0 Å². The Kier molecular flexibility index (Phi) is 4.22. The average molecular weight is 255 g/mol. The fourth-order valence-electron chi connectivity index (χ4n) is 3.23. The van der Waals surface area contributed by atoms with Crippen LogP contribution in [-0.2, 0) is 9.59 Å². The van der Waals surface area contributed by atoms with E-state index in [9.17, 15) is 9.59 Å². The predicted octanol–water partition coefficient (Wildman–Crippen LogP) is 1.43. The Balaban J connectivity index is 1.85. The number of aliphatic carboxylic acids is 2. The zero-order chi connectivity index (χ0) is 13.1. The van der Waals surface area contributed by atoms with Gasteiger partial charge in [-0.05, 0) is 45.1 Å². The molecule has 0 bridgehead atoms. The minimum atomic E-state index is -0.695. The van der Waals surface area contributed by atoms with E-state index in [1.54, 1.807) is 0 Å². The summed E-state index contributed by atoms with van der Waals surface area (Å²) in [5.41, 5.74) is 0. The monoisotopic (exact) mass is 255 g/mol. The van der Waals surface area contributed by atoms with Crippen LogP contribution in [0.1, 0.15) is 38.5 Å². The second-order valence-corrected chi connectivity index (χ2v) is 5.52. The second kappa shape index (κ2) is 5.69. The molecule has 5 nitrogen and oxygen atoms in total. The van der Waals surface area contributed by atoms with E-state index in [4.69, 9.17) is 10.2 Å². The van der Waals surface area contributed by atoms with E-state index < -0.39 is 11.9 Å². The summed E-state index contributed by atoms with van der Waals surface area (Å²) < 4.78 is 0. The smallest absolute Gasteiger partial charge is 0.307 e. The van der Waals surface area contributed by atoms with Crippen molar-refractivity contribution in [1.82, 2.24) is 4.90 Å². The topological polar surface area (TPSA) is 77.8 Å². The number of rotatable bonds is 3.